The molecule has 0 aliphatic heterocycles. The van der Waals surface area contributed by atoms with E-state index in [1.54, 1.807) is 0 Å². The van der Waals surface area contributed by atoms with Crippen molar-refractivity contribution < 1.29 is 4.79 Å². The third kappa shape index (κ3) is 4.94. The average Bonchev–Trinajstić information content (AvgIpc) is 3.08. The molecular weight excluding hydrogens is 202 g/mol. The molecule has 1 rings (SSSR count). The Morgan fingerprint density at radius 1 is 1.56 bits per heavy atom. The summed E-state index contributed by atoms with van der Waals surface area (Å²) in [4.78, 5) is 13.9. The van der Waals surface area contributed by atoms with E-state index in [2.05, 4.69) is 17.1 Å². The summed E-state index contributed by atoms with van der Waals surface area (Å²) in [5.41, 5.74) is 5.48. The maximum absolute atomic E-state index is 11.5. The second-order valence-corrected chi connectivity index (χ2v) is 4.75. The minimum Gasteiger partial charge on any atom is -0.355 e. The van der Waals surface area contributed by atoms with Crippen molar-refractivity contribution in [2.75, 3.05) is 26.2 Å². The monoisotopic (exact) mass is 227 g/mol. The van der Waals surface area contributed by atoms with Crippen LogP contribution in [-0.4, -0.2) is 43.0 Å². The number of nitrogens with two attached hydrogens (primary N) is 1. The summed E-state index contributed by atoms with van der Waals surface area (Å²) < 4.78 is 0. The molecule has 1 fully saturated rings. The molecule has 0 heterocycles. The van der Waals surface area contributed by atoms with E-state index in [1.165, 1.54) is 12.8 Å². The second kappa shape index (κ2) is 6.86. The number of amides is 1. The van der Waals surface area contributed by atoms with Gasteiger partial charge in [0.25, 0.3) is 0 Å². The van der Waals surface area contributed by atoms with Gasteiger partial charge < -0.3 is 11.1 Å². The Labute approximate surface area is 98.6 Å². The molecule has 1 aliphatic carbocycles. The normalized spacial score (nSPS) is 17.5. The van der Waals surface area contributed by atoms with Crippen LogP contribution < -0.4 is 11.1 Å². The molecule has 1 unspecified atom stereocenters. The molecule has 16 heavy (non-hydrogen) atoms. The molecule has 0 bridgehead atoms. The standard InChI is InChI=1S/C12H25N3O/c1-3-15(11-4-5-11)7-6-14-12(16)8-10(2)9-13/h10-11H,3-9,13H2,1-2H3,(H,14,16). The fourth-order valence-corrected chi connectivity index (χ4v) is 1.85. The Kier molecular flexibility index (Phi) is 5.77. The fourth-order valence-electron chi connectivity index (χ4n) is 1.85. The SMILES string of the molecule is CCN(CCNC(=O)CC(C)CN)C1CC1. The van der Waals surface area contributed by atoms with Crippen LogP contribution >= 0.6 is 0 Å². The van der Waals surface area contributed by atoms with Crippen LogP contribution in [0.1, 0.15) is 33.1 Å². The molecule has 3 N–H and O–H groups in total. The molecule has 4 heteroatoms. The summed E-state index contributed by atoms with van der Waals surface area (Å²) in [6.07, 6.45) is 3.20. The number of carbonyl (C=O) groups is 1. The van der Waals surface area contributed by atoms with Gasteiger partial charge >= 0.3 is 0 Å². The molecule has 1 aliphatic rings. The van der Waals surface area contributed by atoms with E-state index >= 15 is 0 Å². The minimum atomic E-state index is 0.129. The second-order valence-electron chi connectivity index (χ2n) is 4.75. The van der Waals surface area contributed by atoms with Crippen molar-refractivity contribution in [1.29, 1.82) is 0 Å². The van der Waals surface area contributed by atoms with Crippen LogP contribution in [0.25, 0.3) is 0 Å². The third-order valence-corrected chi connectivity index (χ3v) is 3.13. The van der Waals surface area contributed by atoms with Gasteiger partial charge in [-0.3, -0.25) is 9.69 Å². The largest absolute Gasteiger partial charge is 0.355 e. The molecule has 1 atom stereocenters. The van der Waals surface area contributed by atoms with Gasteiger partial charge in [0, 0.05) is 25.6 Å². The van der Waals surface area contributed by atoms with Gasteiger partial charge in [-0.1, -0.05) is 13.8 Å². The van der Waals surface area contributed by atoms with Crippen molar-refractivity contribution >= 4 is 5.91 Å². The van der Waals surface area contributed by atoms with E-state index in [0.717, 1.165) is 25.7 Å². The highest BCUT2D eigenvalue weighted by Gasteiger charge is 2.27. The smallest absolute Gasteiger partial charge is 0.220 e. The molecule has 1 saturated carbocycles. The number of nitrogens with one attached hydrogen (secondary N) is 1. The molecule has 1 amide bonds. The molecule has 0 spiro atoms. The Hall–Kier alpha value is -0.610. The molecule has 94 valence electrons. The van der Waals surface area contributed by atoms with E-state index in [1.807, 2.05) is 6.92 Å². The fraction of sp³-hybridized carbons (Fsp3) is 0.917. The highest BCUT2D eigenvalue weighted by atomic mass is 16.1. The van der Waals surface area contributed by atoms with Crippen molar-refractivity contribution in [3.8, 4) is 0 Å². The highest BCUT2D eigenvalue weighted by Crippen LogP contribution is 2.25. The van der Waals surface area contributed by atoms with Gasteiger partial charge in [0.05, 0.1) is 0 Å². The number of hydrogen-bond donors (Lipinski definition) is 2. The van der Waals surface area contributed by atoms with Gasteiger partial charge in [0.1, 0.15) is 0 Å². The molecule has 0 aromatic rings. The van der Waals surface area contributed by atoms with Gasteiger partial charge in [0.15, 0.2) is 0 Å². The molecule has 0 aromatic heterocycles. The number of rotatable bonds is 8. The Balaban J connectivity index is 2.07. The third-order valence-electron chi connectivity index (χ3n) is 3.13. The van der Waals surface area contributed by atoms with E-state index in [0.29, 0.717) is 13.0 Å². The predicted molar refractivity (Wildman–Crippen MR) is 66.1 cm³/mol. The van der Waals surface area contributed by atoms with Crippen LogP contribution in [0.15, 0.2) is 0 Å². The lowest BCUT2D eigenvalue weighted by atomic mass is 10.1. The lowest BCUT2D eigenvalue weighted by Crippen LogP contribution is -2.36. The van der Waals surface area contributed by atoms with Gasteiger partial charge in [-0.05, 0) is 31.8 Å². The molecule has 0 aromatic carbocycles. The van der Waals surface area contributed by atoms with Crippen LogP contribution in [0.3, 0.4) is 0 Å². The van der Waals surface area contributed by atoms with Gasteiger partial charge in [-0.2, -0.15) is 0 Å². The van der Waals surface area contributed by atoms with E-state index < -0.39 is 0 Å². The number of hydrogen-bond acceptors (Lipinski definition) is 3. The van der Waals surface area contributed by atoms with Crippen molar-refractivity contribution in [3.05, 3.63) is 0 Å². The summed E-state index contributed by atoms with van der Waals surface area (Å²) >= 11 is 0. The lowest BCUT2D eigenvalue weighted by Gasteiger charge is -2.20. The first-order chi connectivity index (χ1) is 7.67. The van der Waals surface area contributed by atoms with E-state index in [9.17, 15) is 4.79 Å². The first-order valence-electron chi connectivity index (χ1n) is 6.38. The maximum atomic E-state index is 11.5. The van der Waals surface area contributed by atoms with Crippen molar-refractivity contribution in [2.45, 2.75) is 39.2 Å². The summed E-state index contributed by atoms with van der Waals surface area (Å²) in [6, 6.07) is 0.782. The lowest BCUT2D eigenvalue weighted by molar-refractivity contribution is -0.121. The summed E-state index contributed by atoms with van der Waals surface area (Å²) in [5.74, 6) is 0.413. The molecular formula is C12H25N3O. The topological polar surface area (TPSA) is 58.4 Å². The Morgan fingerprint density at radius 2 is 2.25 bits per heavy atom. The van der Waals surface area contributed by atoms with Gasteiger partial charge in [0.2, 0.25) is 5.91 Å². The first-order valence-corrected chi connectivity index (χ1v) is 6.38. The number of carbonyl (C=O) groups excluding carboxylic acids is 1. The number of likely N-dealkylation sites (N-methyl/N-ethyl adjacent to an activating group) is 1. The summed E-state index contributed by atoms with van der Waals surface area (Å²) in [7, 11) is 0. The van der Waals surface area contributed by atoms with Crippen LogP contribution in [0.4, 0.5) is 0 Å². The maximum Gasteiger partial charge on any atom is 0.220 e. The minimum absolute atomic E-state index is 0.129. The van der Waals surface area contributed by atoms with Crippen molar-refractivity contribution in [1.82, 2.24) is 10.2 Å². The number of nitrogens with zero attached hydrogens (tertiary/aromatic N) is 1. The molecule has 4 nitrogen and oxygen atoms in total. The van der Waals surface area contributed by atoms with E-state index in [-0.39, 0.29) is 11.8 Å². The zero-order chi connectivity index (χ0) is 12.0. The summed E-state index contributed by atoms with van der Waals surface area (Å²) in [6.45, 7) is 7.58. The summed E-state index contributed by atoms with van der Waals surface area (Å²) in [5, 5.41) is 2.96. The van der Waals surface area contributed by atoms with Crippen LogP contribution in [0, 0.1) is 5.92 Å². The van der Waals surface area contributed by atoms with E-state index in [4.69, 9.17) is 5.73 Å². The van der Waals surface area contributed by atoms with Gasteiger partial charge in [-0.15, -0.1) is 0 Å². The van der Waals surface area contributed by atoms with Crippen molar-refractivity contribution in [2.24, 2.45) is 11.7 Å². The van der Waals surface area contributed by atoms with Crippen molar-refractivity contribution in [3.63, 3.8) is 0 Å². The molecule has 0 radical (unpaired) electrons. The van der Waals surface area contributed by atoms with Crippen LogP contribution in [0.5, 0.6) is 0 Å². The van der Waals surface area contributed by atoms with Crippen LogP contribution in [-0.2, 0) is 4.79 Å². The zero-order valence-electron chi connectivity index (χ0n) is 10.5. The molecule has 0 saturated heterocycles. The van der Waals surface area contributed by atoms with Crippen LogP contribution in [0.2, 0.25) is 0 Å². The quantitative estimate of drug-likeness (QED) is 0.637. The predicted octanol–water partition coefficient (Wildman–Crippen LogP) is 0.572. The Bertz CT molecular complexity index is 216. The highest BCUT2D eigenvalue weighted by molar-refractivity contribution is 5.76. The van der Waals surface area contributed by atoms with Gasteiger partial charge in [-0.25, -0.2) is 0 Å². The Morgan fingerprint density at radius 3 is 2.75 bits per heavy atom. The zero-order valence-corrected chi connectivity index (χ0v) is 10.5. The average molecular weight is 227 g/mol. The first kappa shape index (κ1) is 13.5.